The Morgan fingerprint density at radius 1 is 1.42 bits per heavy atom. The number of nitrogen functional groups attached to an aromatic ring is 1. The molecule has 0 aromatic heterocycles. The first-order valence-electron chi connectivity index (χ1n) is 6.32. The van der Waals surface area contributed by atoms with Gasteiger partial charge in [0.15, 0.2) is 0 Å². The number of anilines is 1. The second kappa shape index (κ2) is 5.26. The summed E-state index contributed by atoms with van der Waals surface area (Å²) < 4.78 is 0. The molecule has 0 spiro atoms. The van der Waals surface area contributed by atoms with E-state index in [1.54, 1.807) is 11.9 Å². The molecule has 1 aliphatic rings. The van der Waals surface area contributed by atoms with Crippen molar-refractivity contribution in [3.8, 4) is 0 Å². The van der Waals surface area contributed by atoms with Crippen LogP contribution in [0.5, 0.6) is 0 Å². The van der Waals surface area contributed by atoms with E-state index in [2.05, 4.69) is 0 Å². The van der Waals surface area contributed by atoms with Gasteiger partial charge in [0.1, 0.15) is 5.69 Å². The third-order valence-corrected chi connectivity index (χ3v) is 3.67. The number of rotatable bonds is 3. The molecule has 0 radical (unpaired) electrons. The Kier molecular flexibility index (Phi) is 3.69. The van der Waals surface area contributed by atoms with Crippen molar-refractivity contribution in [2.45, 2.75) is 31.7 Å². The quantitative estimate of drug-likeness (QED) is 0.514. The van der Waals surface area contributed by atoms with Crippen LogP contribution >= 0.6 is 0 Å². The highest BCUT2D eigenvalue weighted by Gasteiger charge is 2.25. The molecule has 0 saturated heterocycles. The monoisotopic (exact) mass is 263 g/mol. The Morgan fingerprint density at radius 2 is 2.05 bits per heavy atom. The van der Waals surface area contributed by atoms with Gasteiger partial charge >= 0.3 is 0 Å². The lowest BCUT2D eigenvalue weighted by Gasteiger charge is -2.24. The van der Waals surface area contributed by atoms with Gasteiger partial charge in [0, 0.05) is 24.7 Å². The van der Waals surface area contributed by atoms with E-state index in [1.807, 2.05) is 0 Å². The molecular weight excluding hydrogens is 246 g/mol. The zero-order valence-corrected chi connectivity index (χ0v) is 10.8. The van der Waals surface area contributed by atoms with Crippen molar-refractivity contribution in [1.29, 1.82) is 0 Å². The van der Waals surface area contributed by atoms with Crippen LogP contribution in [0.4, 0.5) is 11.4 Å². The van der Waals surface area contributed by atoms with Crippen molar-refractivity contribution in [3.63, 3.8) is 0 Å². The van der Waals surface area contributed by atoms with Crippen molar-refractivity contribution < 1.29 is 9.72 Å². The molecular formula is C13H17N3O3. The number of carbonyl (C=O) groups excluding carboxylic acids is 1. The number of nitro groups is 1. The average molecular weight is 263 g/mol. The molecule has 0 aliphatic heterocycles. The Bertz CT molecular complexity index is 510. The molecule has 0 bridgehead atoms. The first kappa shape index (κ1) is 13.3. The van der Waals surface area contributed by atoms with E-state index in [4.69, 9.17) is 5.73 Å². The molecule has 0 unspecified atom stereocenters. The highest BCUT2D eigenvalue weighted by Crippen LogP contribution is 2.26. The second-order valence-corrected chi connectivity index (χ2v) is 4.89. The molecule has 0 atom stereocenters. The first-order valence-corrected chi connectivity index (χ1v) is 6.32. The number of amides is 1. The van der Waals surface area contributed by atoms with E-state index in [0.717, 1.165) is 25.7 Å². The standard InChI is InChI=1S/C13H17N3O3/c1-15(10-4-2-3-5-10)13(17)9-6-7-11(14)12(8-9)16(18)19/h6-8,10H,2-5,14H2,1H3. The van der Waals surface area contributed by atoms with Gasteiger partial charge in [-0.1, -0.05) is 12.8 Å². The summed E-state index contributed by atoms with van der Waals surface area (Å²) in [6, 6.07) is 4.44. The normalized spacial score (nSPS) is 15.4. The van der Waals surface area contributed by atoms with Crippen molar-refractivity contribution in [3.05, 3.63) is 33.9 Å². The van der Waals surface area contributed by atoms with Gasteiger partial charge in [-0.3, -0.25) is 14.9 Å². The van der Waals surface area contributed by atoms with Gasteiger partial charge in [0.05, 0.1) is 4.92 Å². The molecule has 1 aromatic rings. The van der Waals surface area contributed by atoms with E-state index in [-0.39, 0.29) is 23.3 Å². The number of hydrogen-bond donors (Lipinski definition) is 1. The lowest BCUT2D eigenvalue weighted by Crippen LogP contribution is -2.35. The minimum atomic E-state index is -0.568. The summed E-state index contributed by atoms with van der Waals surface area (Å²) >= 11 is 0. The molecule has 1 aliphatic carbocycles. The van der Waals surface area contributed by atoms with E-state index < -0.39 is 4.92 Å². The number of nitrogens with two attached hydrogens (primary N) is 1. The number of nitro benzene ring substituents is 1. The van der Waals surface area contributed by atoms with Gasteiger partial charge in [-0.2, -0.15) is 0 Å². The van der Waals surface area contributed by atoms with Gasteiger partial charge in [-0.25, -0.2) is 0 Å². The van der Waals surface area contributed by atoms with Gasteiger partial charge in [-0.15, -0.1) is 0 Å². The number of carbonyl (C=O) groups is 1. The van der Waals surface area contributed by atoms with Crippen LogP contribution in [0.25, 0.3) is 0 Å². The summed E-state index contributed by atoms with van der Waals surface area (Å²) in [6.07, 6.45) is 4.26. The Morgan fingerprint density at radius 3 is 2.63 bits per heavy atom. The van der Waals surface area contributed by atoms with E-state index in [9.17, 15) is 14.9 Å². The topological polar surface area (TPSA) is 89.5 Å². The highest BCUT2D eigenvalue weighted by molar-refractivity contribution is 5.95. The molecule has 6 heteroatoms. The van der Waals surface area contributed by atoms with Gasteiger partial charge < -0.3 is 10.6 Å². The van der Waals surface area contributed by atoms with Crippen LogP contribution in [0.2, 0.25) is 0 Å². The SMILES string of the molecule is CN(C(=O)c1ccc(N)c([N+](=O)[O-])c1)C1CCCC1. The van der Waals surface area contributed by atoms with Crippen molar-refractivity contribution in [1.82, 2.24) is 4.90 Å². The maximum absolute atomic E-state index is 12.3. The van der Waals surface area contributed by atoms with Crippen LogP contribution in [-0.2, 0) is 0 Å². The minimum absolute atomic E-state index is 0.0741. The summed E-state index contributed by atoms with van der Waals surface area (Å²) in [5.41, 5.74) is 5.69. The fourth-order valence-electron chi connectivity index (χ4n) is 2.50. The maximum atomic E-state index is 12.3. The summed E-state index contributed by atoms with van der Waals surface area (Å²) in [4.78, 5) is 24.2. The molecule has 1 saturated carbocycles. The molecule has 19 heavy (non-hydrogen) atoms. The Labute approximate surface area is 111 Å². The molecule has 6 nitrogen and oxygen atoms in total. The zero-order valence-electron chi connectivity index (χ0n) is 10.8. The number of benzene rings is 1. The van der Waals surface area contributed by atoms with Crippen molar-refractivity contribution in [2.75, 3.05) is 12.8 Å². The lowest BCUT2D eigenvalue weighted by molar-refractivity contribution is -0.383. The smallest absolute Gasteiger partial charge is 0.292 e. The van der Waals surface area contributed by atoms with Crippen molar-refractivity contribution >= 4 is 17.3 Å². The van der Waals surface area contributed by atoms with Gasteiger partial charge in [-0.05, 0) is 25.0 Å². The third-order valence-electron chi connectivity index (χ3n) is 3.67. The van der Waals surface area contributed by atoms with Gasteiger partial charge in [0.25, 0.3) is 11.6 Å². The Balaban J connectivity index is 2.23. The van der Waals surface area contributed by atoms with Crippen LogP contribution in [0.15, 0.2) is 18.2 Å². The van der Waals surface area contributed by atoms with Crippen LogP contribution in [-0.4, -0.2) is 28.8 Å². The molecule has 102 valence electrons. The predicted octanol–water partition coefficient (Wildman–Crippen LogP) is 2.19. The van der Waals surface area contributed by atoms with Crippen LogP contribution in [0.3, 0.4) is 0 Å². The van der Waals surface area contributed by atoms with Gasteiger partial charge in [0.2, 0.25) is 0 Å². The third kappa shape index (κ3) is 2.67. The van der Waals surface area contributed by atoms with Crippen molar-refractivity contribution in [2.24, 2.45) is 0 Å². The van der Waals surface area contributed by atoms with E-state index in [1.165, 1.54) is 18.2 Å². The summed E-state index contributed by atoms with van der Waals surface area (Å²) in [6.45, 7) is 0. The predicted molar refractivity (Wildman–Crippen MR) is 71.9 cm³/mol. The van der Waals surface area contributed by atoms with Crippen LogP contribution in [0.1, 0.15) is 36.0 Å². The molecule has 0 heterocycles. The molecule has 1 fully saturated rings. The number of hydrogen-bond acceptors (Lipinski definition) is 4. The molecule has 1 amide bonds. The summed E-state index contributed by atoms with van der Waals surface area (Å²) in [7, 11) is 1.75. The highest BCUT2D eigenvalue weighted by atomic mass is 16.6. The van der Waals surface area contributed by atoms with E-state index in [0.29, 0.717) is 5.56 Å². The largest absolute Gasteiger partial charge is 0.393 e. The van der Waals surface area contributed by atoms with E-state index >= 15 is 0 Å². The molecule has 2 rings (SSSR count). The zero-order chi connectivity index (χ0) is 14.0. The van der Waals surface area contributed by atoms with Crippen LogP contribution in [0, 0.1) is 10.1 Å². The fraction of sp³-hybridized carbons (Fsp3) is 0.462. The number of nitrogens with zero attached hydrogens (tertiary/aromatic N) is 2. The maximum Gasteiger partial charge on any atom is 0.292 e. The average Bonchev–Trinajstić information content (AvgIpc) is 2.91. The fourth-order valence-corrected chi connectivity index (χ4v) is 2.50. The summed E-state index contributed by atoms with van der Waals surface area (Å²) in [5, 5.41) is 10.8. The summed E-state index contributed by atoms with van der Waals surface area (Å²) in [5.74, 6) is -0.185. The lowest BCUT2D eigenvalue weighted by atomic mass is 10.1. The molecule has 2 N–H and O–H groups in total. The minimum Gasteiger partial charge on any atom is -0.393 e. The second-order valence-electron chi connectivity index (χ2n) is 4.89. The van der Waals surface area contributed by atoms with Crippen LogP contribution < -0.4 is 5.73 Å². The first-order chi connectivity index (χ1) is 9.00. The molecule has 1 aromatic carbocycles. The Hall–Kier alpha value is -2.11.